The number of carbonyl (C=O) groups excluding carboxylic acids is 3. The second kappa shape index (κ2) is 14.4. The molecule has 2 aliphatic heterocycles. The first-order chi connectivity index (χ1) is 23.5. The van der Waals surface area contributed by atoms with Crippen LogP contribution in [0.25, 0.3) is 10.9 Å². The van der Waals surface area contributed by atoms with Gasteiger partial charge in [-0.1, -0.05) is 18.6 Å². The highest BCUT2D eigenvalue weighted by Crippen LogP contribution is 2.45. The number of nitrogens with zero attached hydrogens (tertiary/aromatic N) is 2. The van der Waals surface area contributed by atoms with E-state index >= 15 is 0 Å². The number of hydrogen-bond donors (Lipinski definition) is 3. The number of fused-ring (bicyclic) bond motifs is 3. The standard InChI is InChI=1S/C35H43BrN4O9/c1-39-28(41)17-27(24-13-14-26(47-2)30(36)31(24)39)48-23-16-25-32(43)38-35(33(44)45)18-20(35)9-5-3-4-6-10-21(15-29(42)40(25)19-23)37-34(46)49-22-11-7-8-12-22/h5,9,13-14,17,20-23,25H,3-4,6-8,10-12,15-16,18-19H2,1-2H3,(H,37,46)(H,38,43)(H,44,45)/b9-5-/t20-,21-,23+,25-,35+/m0/s1. The molecule has 0 radical (unpaired) electrons. The van der Waals surface area contributed by atoms with E-state index in [0.29, 0.717) is 34.0 Å². The van der Waals surface area contributed by atoms with E-state index < -0.39 is 41.7 Å². The number of carboxylic acid groups (broad SMARTS) is 1. The van der Waals surface area contributed by atoms with E-state index in [4.69, 9.17) is 14.2 Å². The van der Waals surface area contributed by atoms with Crippen LogP contribution in [0.1, 0.15) is 70.6 Å². The molecule has 6 rings (SSSR count). The van der Waals surface area contributed by atoms with E-state index in [1.807, 2.05) is 12.2 Å². The maximum absolute atomic E-state index is 14.0. The summed E-state index contributed by atoms with van der Waals surface area (Å²) in [5.74, 6) is -1.63. The molecule has 0 bridgehead atoms. The molecular weight excluding hydrogens is 700 g/mol. The van der Waals surface area contributed by atoms with Crippen LogP contribution >= 0.6 is 15.9 Å². The highest BCUT2D eigenvalue weighted by molar-refractivity contribution is 9.10. The molecule has 14 heteroatoms. The van der Waals surface area contributed by atoms with Gasteiger partial charge in [-0.05, 0) is 79.4 Å². The molecule has 1 aromatic heterocycles. The molecule has 3 N–H and O–H groups in total. The smallest absolute Gasteiger partial charge is 0.407 e. The summed E-state index contributed by atoms with van der Waals surface area (Å²) in [5.41, 5.74) is -1.21. The molecule has 2 aromatic rings. The van der Waals surface area contributed by atoms with Gasteiger partial charge in [0, 0.05) is 43.3 Å². The lowest BCUT2D eigenvalue weighted by Gasteiger charge is -2.27. The third-order valence-electron chi connectivity index (χ3n) is 10.3. The van der Waals surface area contributed by atoms with E-state index in [9.17, 15) is 29.1 Å². The number of aryl methyl sites for hydroxylation is 1. The number of ether oxygens (including phenoxy) is 3. The van der Waals surface area contributed by atoms with Gasteiger partial charge in [0.1, 0.15) is 35.3 Å². The first-order valence-electron chi connectivity index (χ1n) is 17.0. The number of carbonyl (C=O) groups is 4. The first-order valence-corrected chi connectivity index (χ1v) is 17.8. The molecule has 2 aliphatic carbocycles. The van der Waals surface area contributed by atoms with Gasteiger partial charge in [-0.25, -0.2) is 9.59 Å². The van der Waals surface area contributed by atoms with Gasteiger partial charge < -0.3 is 39.4 Å². The largest absolute Gasteiger partial charge is 0.495 e. The lowest BCUT2D eigenvalue weighted by atomic mass is 10.0. The maximum atomic E-state index is 14.0. The summed E-state index contributed by atoms with van der Waals surface area (Å²) in [7, 11) is 3.17. The molecule has 0 unspecified atom stereocenters. The predicted molar refractivity (Wildman–Crippen MR) is 182 cm³/mol. The summed E-state index contributed by atoms with van der Waals surface area (Å²) in [6.45, 7) is 0.0214. The number of allylic oxidation sites excluding steroid dienone is 1. The molecule has 5 atom stereocenters. The Morgan fingerprint density at radius 3 is 2.55 bits per heavy atom. The Kier molecular flexibility index (Phi) is 10.2. The van der Waals surface area contributed by atoms with Crippen molar-refractivity contribution in [1.82, 2.24) is 20.1 Å². The SMILES string of the molecule is COc1ccc2c(O[C@@H]3C[C@H]4C(=O)N[C@]5(C(=O)O)C[C@@H]5/C=C\CCCC[C@H](NC(=O)OC5CCCC5)CC(=O)N4C3)cc(=O)n(C)c2c1Br. The van der Waals surface area contributed by atoms with Gasteiger partial charge >= 0.3 is 12.1 Å². The van der Waals surface area contributed by atoms with Crippen LogP contribution in [-0.4, -0.2) is 81.9 Å². The minimum Gasteiger partial charge on any atom is -0.495 e. The molecular formula is C35H43BrN4O9. The second-order valence-electron chi connectivity index (χ2n) is 13.6. The third-order valence-corrected chi connectivity index (χ3v) is 11.0. The summed E-state index contributed by atoms with van der Waals surface area (Å²) in [4.78, 5) is 67.6. The van der Waals surface area contributed by atoms with Gasteiger partial charge in [0.15, 0.2) is 0 Å². The van der Waals surface area contributed by atoms with Crippen molar-refractivity contribution in [2.24, 2.45) is 13.0 Å². The molecule has 264 valence electrons. The zero-order chi connectivity index (χ0) is 34.9. The number of amides is 3. The zero-order valence-corrected chi connectivity index (χ0v) is 29.3. The van der Waals surface area contributed by atoms with Crippen molar-refractivity contribution in [2.75, 3.05) is 13.7 Å². The van der Waals surface area contributed by atoms with Crippen LogP contribution in [0, 0.1) is 5.92 Å². The van der Waals surface area contributed by atoms with E-state index in [0.717, 1.165) is 38.5 Å². The fourth-order valence-electron chi connectivity index (χ4n) is 7.40. The van der Waals surface area contributed by atoms with Crippen LogP contribution in [-0.2, 0) is 26.2 Å². The van der Waals surface area contributed by atoms with Crippen molar-refractivity contribution in [3.05, 3.63) is 45.2 Å². The Balaban J connectivity index is 1.28. The van der Waals surface area contributed by atoms with E-state index in [-0.39, 0.29) is 55.0 Å². The lowest BCUT2D eigenvalue weighted by molar-refractivity contribution is -0.145. The molecule has 2 saturated carbocycles. The van der Waals surface area contributed by atoms with Gasteiger partial charge in [-0.3, -0.25) is 14.4 Å². The number of hydrogen-bond acceptors (Lipinski definition) is 8. The molecule has 4 aliphatic rings. The van der Waals surface area contributed by atoms with E-state index in [2.05, 4.69) is 26.6 Å². The van der Waals surface area contributed by atoms with Gasteiger partial charge in [-0.15, -0.1) is 0 Å². The minimum atomic E-state index is -1.44. The second-order valence-corrected chi connectivity index (χ2v) is 14.4. The Bertz CT molecular complexity index is 1720. The quantitative estimate of drug-likeness (QED) is 0.369. The van der Waals surface area contributed by atoms with Gasteiger partial charge in [0.2, 0.25) is 11.8 Å². The van der Waals surface area contributed by atoms with Crippen molar-refractivity contribution in [1.29, 1.82) is 0 Å². The monoisotopic (exact) mass is 742 g/mol. The number of methoxy groups -OCH3 is 1. The predicted octanol–water partition coefficient (Wildman–Crippen LogP) is 4.18. The van der Waals surface area contributed by atoms with Crippen LogP contribution in [0.4, 0.5) is 4.79 Å². The molecule has 0 spiro atoms. The molecule has 1 aromatic carbocycles. The summed E-state index contributed by atoms with van der Waals surface area (Å²) in [5, 5.41) is 16.4. The number of nitrogens with one attached hydrogen (secondary N) is 2. The molecule has 49 heavy (non-hydrogen) atoms. The van der Waals surface area contributed by atoms with Gasteiger partial charge in [0.25, 0.3) is 5.56 Å². The van der Waals surface area contributed by atoms with Crippen molar-refractivity contribution in [3.8, 4) is 11.5 Å². The Labute approximate surface area is 292 Å². The number of pyridine rings is 1. The Morgan fingerprint density at radius 1 is 1.06 bits per heavy atom. The molecule has 13 nitrogen and oxygen atoms in total. The Hall–Kier alpha value is -4.07. The number of aliphatic carboxylic acids is 1. The molecule has 1 saturated heterocycles. The first kappa shape index (κ1) is 34.8. The fourth-order valence-corrected chi connectivity index (χ4v) is 8.18. The van der Waals surface area contributed by atoms with Crippen LogP contribution in [0.5, 0.6) is 11.5 Å². The average Bonchev–Trinajstić information content (AvgIpc) is 3.34. The van der Waals surface area contributed by atoms with Crippen LogP contribution in [0.3, 0.4) is 0 Å². The van der Waals surface area contributed by atoms with Crippen molar-refractivity contribution in [2.45, 2.75) is 100 Å². The van der Waals surface area contributed by atoms with Crippen LogP contribution in [0.15, 0.2) is 39.6 Å². The van der Waals surface area contributed by atoms with Crippen molar-refractivity contribution < 1.29 is 38.5 Å². The topological polar surface area (TPSA) is 166 Å². The highest BCUT2D eigenvalue weighted by atomic mass is 79.9. The number of rotatable bonds is 6. The highest BCUT2D eigenvalue weighted by Gasteiger charge is 2.61. The Morgan fingerprint density at radius 2 is 1.82 bits per heavy atom. The zero-order valence-electron chi connectivity index (χ0n) is 27.7. The minimum absolute atomic E-state index is 0.0214. The van der Waals surface area contributed by atoms with Crippen molar-refractivity contribution in [3.63, 3.8) is 0 Å². The van der Waals surface area contributed by atoms with Crippen LogP contribution < -0.4 is 25.7 Å². The summed E-state index contributed by atoms with van der Waals surface area (Å²) in [6, 6.07) is 3.34. The van der Waals surface area contributed by atoms with E-state index in [1.165, 1.54) is 22.6 Å². The number of carboxylic acids is 1. The fraction of sp³-hybridized carbons (Fsp3) is 0.571. The summed E-state index contributed by atoms with van der Waals surface area (Å²) in [6.07, 6.45) is 9.10. The molecule has 3 amide bonds. The number of alkyl carbamates (subject to hydrolysis) is 1. The average molecular weight is 744 g/mol. The number of benzene rings is 1. The van der Waals surface area contributed by atoms with Crippen LogP contribution in [0.2, 0.25) is 0 Å². The summed E-state index contributed by atoms with van der Waals surface area (Å²) >= 11 is 3.54. The summed E-state index contributed by atoms with van der Waals surface area (Å²) < 4.78 is 19.5. The van der Waals surface area contributed by atoms with Gasteiger partial charge in [0.05, 0.1) is 23.6 Å². The molecule has 3 fully saturated rings. The van der Waals surface area contributed by atoms with Crippen molar-refractivity contribution >= 4 is 50.7 Å². The lowest BCUT2D eigenvalue weighted by Crippen LogP contribution is -2.53. The maximum Gasteiger partial charge on any atom is 0.407 e. The number of aromatic nitrogens is 1. The molecule has 3 heterocycles. The normalized spacial score (nSPS) is 28.4. The number of halogens is 1. The van der Waals surface area contributed by atoms with E-state index in [1.54, 1.807) is 19.2 Å². The van der Waals surface area contributed by atoms with Gasteiger partial charge in [-0.2, -0.15) is 0 Å². The third kappa shape index (κ3) is 7.29.